The van der Waals surface area contributed by atoms with Crippen LogP contribution in [-0.4, -0.2) is 32.5 Å². The van der Waals surface area contributed by atoms with Crippen LogP contribution < -0.4 is 9.67 Å². The summed E-state index contributed by atoms with van der Waals surface area (Å²) in [7, 11) is 0. The second-order valence-corrected chi connectivity index (χ2v) is 9.94. The molecular weight excluding hydrogens is 452 g/mol. The summed E-state index contributed by atoms with van der Waals surface area (Å²) in [6.07, 6.45) is 9.12. The van der Waals surface area contributed by atoms with Gasteiger partial charge in [-0.3, -0.25) is 14.5 Å². The van der Waals surface area contributed by atoms with Crippen molar-refractivity contribution in [2.45, 2.75) is 71.3 Å². The molecule has 1 aliphatic heterocycles. The van der Waals surface area contributed by atoms with E-state index in [4.69, 9.17) is 0 Å². The number of carbonyl (C=O) groups is 2. The van der Waals surface area contributed by atoms with Gasteiger partial charge in [0.15, 0.2) is 12.4 Å². The molecule has 3 heterocycles. The monoisotopic (exact) mass is 484 g/mol. The van der Waals surface area contributed by atoms with Crippen LogP contribution in [0.5, 0.6) is 5.88 Å². The quantitative estimate of drug-likeness (QED) is 0.391. The van der Waals surface area contributed by atoms with Gasteiger partial charge in [0.05, 0.1) is 11.4 Å². The number of rotatable bonds is 6. The molecule has 0 saturated heterocycles. The van der Waals surface area contributed by atoms with Crippen molar-refractivity contribution in [3.05, 3.63) is 71.7 Å². The van der Waals surface area contributed by atoms with E-state index < -0.39 is 0 Å². The Morgan fingerprint density at radius 3 is 2.42 bits per heavy atom. The number of pyridine rings is 1. The Morgan fingerprint density at radius 2 is 1.75 bits per heavy atom. The Bertz CT molecular complexity index is 1330. The standard InChI is InChI=1S/C29H32N4O3/c1-4-20-12-11-17-31(18-20)26-24(27(34)32(29(26)36)21-13-7-5-8-14-21)23-25(19(2)3)30-33(28(23)35)22-15-9-6-10-16-22/h6,9-12,15-19,21H,4-5,7-8,13-14H2,1-3H3. The zero-order valence-corrected chi connectivity index (χ0v) is 21.1. The Kier molecular flexibility index (Phi) is 6.48. The topological polar surface area (TPSA) is 82.1 Å². The number of nitrogens with zero attached hydrogens (tertiary/aromatic N) is 4. The van der Waals surface area contributed by atoms with Crippen LogP contribution in [0.1, 0.15) is 75.6 Å². The van der Waals surface area contributed by atoms with Gasteiger partial charge < -0.3 is 5.11 Å². The summed E-state index contributed by atoms with van der Waals surface area (Å²) in [5.41, 5.74) is 2.82. The second-order valence-electron chi connectivity index (χ2n) is 9.94. The molecule has 1 aromatic carbocycles. The number of amides is 2. The van der Waals surface area contributed by atoms with E-state index in [1.165, 1.54) is 9.58 Å². The average Bonchev–Trinajstić information content (AvgIpc) is 3.37. The van der Waals surface area contributed by atoms with Crippen molar-refractivity contribution in [3.8, 4) is 11.6 Å². The van der Waals surface area contributed by atoms with Crippen molar-refractivity contribution in [2.75, 3.05) is 0 Å². The van der Waals surface area contributed by atoms with Gasteiger partial charge in [-0.15, -0.1) is 0 Å². The van der Waals surface area contributed by atoms with E-state index in [1.807, 2.05) is 69.4 Å². The SMILES string of the molecule is CCc1ccc[n+](C2=C(c3c(C(C)C)nn(-c4ccccc4)c3[O-])C(=O)N(C3CCCCC3)C2=O)c1. The third-order valence-corrected chi connectivity index (χ3v) is 7.23. The molecule has 1 saturated carbocycles. The predicted octanol–water partition coefficient (Wildman–Crippen LogP) is 3.99. The smallest absolute Gasteiger partial charge is 0.327 e. The summed E-state index contributed by atoms with van der Waals surface area (Å²) in [5.74, 6) is -1.22. The van der Waals surface area contributed by atoms with Gasteiger partial charge in [-0.1, -0.05) is 58.2 Å². The van der Waals surface area contributed by atoms with Gasteiger partial charge in [-0.25, -0.2) is 4.68 Å². The molecule has 2 aliphatic rings. The van der Waals surface area contributed by atoms with Crippen molar-refractivity contribution < 1.29 is 19.3 Å². The summed E-state index contributed by atoms with van der Waals surface area (Å²) in [6, 6.07) is 12.9. The first-order valence-electron chi connectivity index (χ1n) is 12.9. The van der Waals surface area contributed by atoms with E-state index in [0.717, 1.165) is 44.1 Å². The number of aryl methyl sites for hydroxylation is 1. The van der Waals surface area contributed by atoms with Crippen LogP contribution >= 0.6 is 0 Å². The Labute approximate surface area is 211 Å². The Morgan fingerprint density at radius 1 is 1.03 bits per heavy atom. The minimum atomic E-state index is -0.386. The van der Waals surface area contributed by atoms with Gasteiger partial charge in [0.25, 0.3) is 11.6 Å². The van der Waals surface area contributed by atoms with Crippen LogP contribution in [0.2, 0.25) is 0 Å². The lowest BCUT2D eigenvalue weighted by Gasteiger charge is -2.29. The number of carbonyl (C=O) groups excluding carboxylic acids is 2. The van der Waals surface area contributed by atoms with Crippen LogP contribution in [0.4, 0.5) is 0 Å². The van der Waals surface area contributed by atoms with Gasteiger partial charge in [-0.05, 0) is 49.3 Å². The highest BCUT2D eigenvalue weighted by molar-refractivity contribution is 6.45. The predicted molar refractivity (Wildman–Crippen MR) is 135 cm³/mol. The molecule has 1 fully saturated rings. The van der Waals surface area contributed by atoms with E-state index in [-0.39, 0.29) is 46.5 Å². The molecule has 3 aromatic rings. The molecule has 1 aliphatic carbocycles. The molecule has 0 spiro atoms. The second kappa shape index (κ2) is 9.72. The molecule has 36 heavy (non-hydrogen) atoms. The first kappa shape index (κ1) is 24.0. The molecule has 0 atom stereocenters. The highest BCUT2D eigenvalue weighted by Gasteiger charge is 2.49. The molecule has 2 amide bonds. The summed E-state index contributed by atoms with van der Waals surface area (Å²) in [6.45, 7) is 5.94. The van der Waals surface area contributed by atoms with E-state index in [1.54, 1.807) is 10.8 Å². The number of benzene rings is 1. The van der Waals surface area contributed by atoms with Crippen LogP contribution in [0, 0.1) is 0 Å². The minimum absolute atomic E-state index is 0.120. The fourth-order valence-electron chi connectivity index (χ4n) is 5.34. The highest BCUT2D eigenvalue weighted by Crippen LogP contribution is 2.41. The lowest BCUT2D eigenvalue weighted by Crippen LogP contribution is -2.45. The van der Waals surface area contributed by atoms with E-state index in [0.29, 0.717) is 11.4 Å². The summed E-state index contributed by atoms with van der Waals surface area (Å²) >= 11 is 0. The maximum atomic E-state index is 14.1. The molecule has 0 radical (unpaired) electrons. The van der Waals surface area contributed by atoms with Crippen LogP contribution in [-0.2, 0) is 16.0 Å². The van der Waals surface area contributed by atoms with Crippen LogP contribution in [0.15, 0.2) is 54.9 Å². The van der Waals surface area contributed by atoms with Crippen molar-refractivity contribution >= 4 is 23.1 Å². The normalized spacial score (nSPS) is 17.1. The first-order valence-corrected chi connectivity index (χ1v) is 12.9. The minimum Gasteiger partial charge on any atom is -0.858 e. The molecule has 0 unspecified atom stereocenters. The molecule has 0 bridgehead atoms. The fourth-order valence-corrected chi connectivity index (χ4v) is 5.34. The molecule has 186 valence electrons. The fraction of sp³-hybridized carbons (Fsp3) is 0.379. The highest BCUT2D eigenvalue weighted by atomic mass is 16.3. The molecule has 7 nitrogen and oxygen atoms in total. The van der Waals surface area contributed by atoms with Gasteiger partial charge in [0, 0.05) is 23.2 Å². The first-order chi connectivity index (χ1) is 17.4. The molecule has 0 N–H and O–H groups in total. The van der Waals surface area contributed by atoms with Crippen LogP contribution in [0.3, 0.4) is 0 Å². The zero-order chi connectivity index (χ0) is 25.4. The van der Waals surface area contributed by atoms with Gasteiger partial charge >= 0.3 is 5.91 Å². The average molecular weight is 485 g/mol. The van der Waals surface area contributed by atoms with E-state index in [2.05, 4.69) is 5.10 Å². The maximum absolute atomic E-state index is 14.1. The van der Waals surface area contributed by atoms with Gasteiger partial charge in [0.1, 0.15) is 5.57 Å². The van der Waals surface area contributed by atoms with Crippen LogP contribution in [0.25, 0.3) is 17.0 Å². The molecule has 7 heteroatoms. The van der Waals surface area contributed by atoms with Crippen molar-refractivity contribution in [2.24, 2.45) is 0 Å². The van der Waals surface area contributed by atoms with Gasteiger partial charge in [-0.2, -0.15) is 9.67 Å². The Balaban J connectivity index is 1.76. The lowest BCUT2D eigenvalue weighted by molar-refractivity contribution is -0.577. The number of imide groups is 1. The van der Waals surface area contributed by atoms with E-state index in [9.17, 15) is 14.7 Å². The molecule has 2 aromatic heterocycles. The number of para-hydroxylation sites is 1. The maximum Gasteiger partial charge on any atom is 0.327 e. The summed E-state index contributed by atoms with van der Waals surface area (Å²) in [5, 5.41) is 18.6. The van der Waals surface area contributed by atoms with E-state index >= 15 is 0 Å². The van der Waals surface area contributed by atoms with Crippen molar-refractivity contribution in [3.63, 3.8) is 0 Å². The summed E-state index contributed by atoms with van der Waals surface area (Å²) in [4.78, 5) is 29.5. The third-order valence-electron chi connectivity index (χ3n) is 7.23. The van der Waals surface area contributed by atoms with Crippen molar-refractivity contribution in [1.29, 1.82) is 0 Å². The van der Waals surface area contributed by atoms with Gasteiger partial charge in [0.2, 0.25) is 0 Å². The molecule has 5 rings (SSSR count). The lowest BCUT2D eigenvalue weighted by atomic mass is 9.94. The third kappa shape index (κ3) is 4.02. The number of hydrogen-bond acceptors (Lipinski definition) is 4. The largest absolute Gasteiger partial charge is 0.858 e. The number of hydrogen-bond donors (Lipinski definition) is 0. The molecular formula is C29H32N4O3. The number of aromatic nitrogens is 3. The van der Waals surface area contributed by atoms with Crippen molar-refractivity contribution in [1.82, 2.24) is 14.7 Å². The Hall–Kier alpha value is -3.74. The zero-order valence-electron chi connectivity index (χ0n) is 21.1. The summed E-state index contributed by atoms with van der Waals surface area (Å²) < 4.78 is 3.07.